The van der Waals surface area contributed by atoms with Crippen LogP contribution in [-0.4, -0.2) is 47.0 Å². The summed E-state index contributed by atoms with van der Waals surface area (Å²) in [4.78, 5) is 26.6. The smallest absolute Gasteiger partial charge is 0.264 e. The number of carbonyl (C=O) groups excluding carboxylic acids is 1. The van der Waals surface area contributed by atoms with Gasteiger partial charge in [0.2, 0.25) is 0 Å². The van der Waals surface area contributed by atoms with Crippen molar-refractivity contribution in [3.63, 3.8) is 0 Å². The molecule has 122 valence electrons. The van der Waals surface area contributed by atoms with Gasteiger partial charge < -0.3 is 9.80 Å². The molecule has 0 spiro atoms. The van der Waals surface area contributed by atoms with Gasteiger partial charge in [-0.2, -0.15) is 0 Å². The number of amides is 1. The molecule has 1 fully saturated rings. The number of aryl methyl sites for hydroxylation is 1. The summed E-state index contributed by atoms with van der Waals surface area (Å²) in [5.74, 6) is 2.32. The summed E-state index contributed by atoms with van der Waals surface area (Å²) in [6.07, 6.45) is 0. The SMILES string of the molecule is Cc1cc(N2CCN(C(=O)c3cccs3)CC2)nc(C(C)C)n1. The second kappa shape index (κ2) is 6.66. The molecule has 0 aromatic carbocycles. The minimum Gasteiger partial charge on any atom is -0.353 e. The van der Waals surface area contributed by atoms with Crippen LogP contribution in [0.1, 0.15) is 41.0 Å². The minimum absolute atomic E-state index is 0.140. The molecule has 0 N–H and O–H groups in total. The number of hydrogen-bond acceptors (Lipinski definition) is 5. The minimum atomic E-state index is 0.140. The summed E-state index contributed by atoms with van der Waals surface area (Å²) in [6.45, 7) is 9.31. The Kier molecular flexibility index (Phi) is 4.61. The third-order valence-electron chi connectivity index (χ3n) is 4.00. The molecule has 0 saturated carbocycles. The van der Waals surface area contributed by atoms with E-state index >= 15 is 0 Å². The molecule has 2 aromatic rings. The van der Waals surface area contributed by atoms with Crippen LogP contribution >= 0.6 is 11.3 Å². The van der Waals surface area contributed by atoms with E-state index in [2.05, 4.69) is 28.7 Å². The number of thiophene rings is 1. The normalized spacial score (nSPS) is 15.3. The quantitative estimate of drug-likeness (QED) is 0.868. The van der Waals surface area contributed by atoms with Crippen LogP contribution in [0.25, 0.3) is 0 Å². The molecule has 1 amide bonds. The van der Waals surface area contributed by atoms with Crippen molar-refractivity contribution in [2.75, 3.05) is 31.1 Å². The molecule has 2 aromatic heterocycles. The zero-order valence-electron chi connectivity index (χ0n) is 13.8. The number of aromatic nitrogens is 2. The largest absolute Gasteiger partial charge is 0.353 e. The van der Waals surface area contributed by atoms with Crippen molar-refractivity contribution in [3.8, 4) is 0 Å². The summed E-state index contributed by atoms with van der Waals surface area (Å²) in [5.41, 5.74) is 0.996. The van der Waals surface area contributed by atoms with E-state index in [4.69, 9.17) is 0 Å². The molecule has 23 heavy (non-hydrogen) atoms. The van der Waals surface area contributed by atoms with Crippen molar-refractivity contribution < 1.29 is 4.79 Å². The number of piperazine rings is 1. The second-order valence-electron chi connectivity index (χ2n) is 6.14. The lowest BCUT2D eigenvalue weighted by Crippen LogP contribution is -2.49. The lowest BCUT2D eigenvalue weighted by Gasteiger charge is -2.35. The molecule has 6 heteroatoms. The van der Waals surface area contributed by atoms with Crippen molar-refractivity contribution in [2.24, 2.45) is 0 Å². The number of hydrogen-bond donors (Lipinski definition) is 0. The first-order chi connectivity index (χ1) is 11.0. The van der Waals surface area contributed by atoms with Crippen LogP contribution in [0, 0.1) is 6.92 Å². The fourth-order valence-electron chi connectivity index (χ4n) is 2.69. The standard InChI is InChI=1S/C17H22N4OS/c1-12(2)16-18-13(3)11-15(19-16)20-6-8-21(9-7-20)17(22)14-5-4-10-23-14/h4-5,10-12H,6-9H2,1-3H3. The zero-order chi connectivity index (χ0) is 16.4. The maximum atomic E-state index is 12.4. The lowest BCUT2D eigenvalue weighted by atomic mass is 10.2. The highest BCUT2D eigenvalue weighted by atomic mass is 32.1. The highest BCUT2D eigenvalue weighted by molar-refractivity contribution is 7.12. The van der Waals surface area contributed by atoms with Gasteiger partial charge in [-0.25, -0.2) is 9.97 Å². The van der Waals surface area contributed by atoms with Gasteiger partial charge in [-0.1, -0.05) is 19.9 Å². The summed E-state index contributed by atoms with van der Waals surface area (Å²) in [7, 11) is 0. The number of nitrogens with zero attached hydrogens (tertiary/aromatic N) is 4. The molecule has 0 bridgehead atoms. The molecule has 0 unspecified atom stereocenters. The maximum absolute atomic E-state index is 12.4. The highest BCUT2D eigenvalue weighted by Crippen LogP contribution is 2.20. The van der Waals surface area contributed by atoms with Gasteiger partial charge >= 0.3 is 0 Å². The summed E-state index contributed by atoms with van der Waals surface area (Å²) < 4.78 is 0. The number of rotatable bonds is 3. The first-order valence-electron chi connectivity index (χ1n) is 7.98. The van der Waals surface area contributed by atoms with Gasteiger partial charge in [-0.15, -0.1) is 11.3 Å². The monoisotopic (exact) mass is 330 g/mol. The van der Waals surface area contributed by atoms with E-state index in [0.717, 1.165) is 48.4 Å². The van der Waals surface area contributed by atoms with Gasteiger partial charge in [-0.05, 0) is 18.4 Å². The Morgan fingerprint density at radius 1 is 1.22 bits per heavy atom. The van der Waals surface area contributed by atoms with Gasteiger partial charge in [0, 0.05) is 43.9 Å². The van der Waals surface area contributed by atoms with Crippen molar-refractivity contribution in [1.82, 2.24) is 14.9 Å². The lowest BCUT2D eigenvalue weighted by molar-refractivity contribution is 0.0751. The van der Waals surface area contributed by atoms with Crippen LogP contribution in [0.15, 0.2) is 23.6 Å². The van der Waals surface area contributed by atoms with E-state index in [0.29, 0.717) is 5.92 Å². The summed E-state index contributed by atoms with van der Waals surface area (Å²) >= 11 is 1.50. The van der Waals surface area contributed by atoms with E-state index < -0.39 is 0 Å². The Hall–Kier alpha value is -1.95. The maximum Gasteiger partial charge on any atom is 0.264 e. The Morgan fingerprint density at radius 2 is 1.96 bits per heavy atom. The van der Waals surface area contributed by atoms with Crippen molar-refractivity contribution >= 4 is 23.1 Å². The van der Waals surface area contributed by atoms with Crippen molar-refractivity contribution in [3.05, 3.63) is 40.0 Å². The average molecular weight is 330 g/mol. The molecule has 1 aliphatic heterocycles. The van der Waals surface area contributed by atoms with Gasteiger partial charge in [-0.3, -0.25) is 4.79 Å². The van der Waals surface area contributed by atoms with E-state index in [-0.39, 0.29) is 5.91 Å². The highest BCUT2D eigenvalue weighted by Gasteiger charge is 2.24. The van der Waals surface area contributed by atoms with E-state index in [1.54, 1.807) is 0 Å². The molecular formula is C17H22N4OS. The van der Waals surface area contributed by atoms with Crippen LogP contribution < -0.4 is 4.90 Å². The van der Waals surface area contributed by atoms with Crippen molar-refractivity contribution in [2.45, 2.75) is 26.7 Å². The fraction of sp³-hybridized carbons (Fsp3) is 0.471. The molecule has 1 aliphatic rings. The second-order valence-corrected chi connectivity index (χ2v) is 7.08. The number of carbonyl (C=O) groups is 1. The third-order valence-corrected chi connectivity index (χ3v) is 4.86. The summed E-state index contributed by atoms with van der Waals surface area (Å²) in [5, 5.41) is 1.95. The number of anilines is 1. The molecular weight excluding hydrogens is 308 g/mol. The Labute approximate surface area is 141 Å². The predicted molar refractivity (Wildman–Crippen MR) is 93.3 cm³/mol. The molecule has 5 nitrogen and oxygen atoms in total. The van der Waals surface area contributed by atoms with Crippen LogP contribution in [0.4, 0.5) is 5.82 Å². The van der Waals surface area contributed by atoms with Crippen LogP contribution in [0.2, 0.25) is 0 Å². The van der Waals surface area contributed by atoms with E-state index in [1.807, 2.05) is 35.4 Å². The van der Waals surface area contributed by atoms with Gasteiger partial charge in [0.15, 0.2) is 0 Å². The summed E-state index contributed by atoms with van der Waals surface area (Å²) in [6, 6.07) is 5.84. The fourth-order valence-corrected chi connectivity index (χ4v) is 3.38. The van der Waals surface area contributed by atoms with Crippen LogP contribution in [0.5, 0.6) is 0 Å². The van der Waals surface area contributed by atoms with Gasteiger partial charge in [0.05, 0.1) is 4.88 Å². The molecule has 3 rings (SSSR count). The van der Waals surface area contributed by atoms with E-state index in [9.17, 15) is 4.79 Å². The van der Waals surface area contributed by atoms with E-state index in [1.165, 1.54) is 11.3 Å². The molecule has 3 heterocycles. The topological polar surface area (TPSA) is 49.3 Å². The molecule has 0 aliphatic carbocycles. The van der Waals surface area contributed by atoms with Crippen LogP contribution in [-0.2, 0) is 0 Å². The van der Waals surface area contributed by atoms with Gasteiger partial charge in [0.1, 0.15) is 11.6 Å². The van der Waals surface area contributed by atoms with Crippen molar-refractivity contribution in [1.29, 1.82) is 0 Å². The van der Waals surface area contributed by atoms with Gasteiger partial charge in [0.25, 0.3) is 5.91 Å². The molecule has 0 radical (unpaired) electrons. The average Bonchev–Trinajstić information content (AvgIpc) is 3.08. The Balaban J connectivity index is 1.68. The first-order valence-corrected chi connectivity index (χ1v) is 8.86. The Bertz CT molecular complexity index is 676. The first kappa shape index (κ1) is 15.9. The third kappa shape index (κ3) is 3.52. The Morgan fingerprint density at radius 3 is 2.57 bits per heavy atom. The van der Waals surface area contributed by atoms with Crippen LogP contribution in [0.3, 0.4) is 0 Å². The molecule has 0 atom stereocenters. The molecule has 1 saturated heterocycles. The predicted octanol–water partition coefficient (Wildman–Crippen LogP) is 2.93. The zero-order valence-corrected chi connectivity index (χ0v) is 14.6.